The third-order valence-electron chi connectivity index (χ3n) is 4.00. The molecule has 1 heterocycles. The highest BCUT2D eigenvalue weighted by Gasteiger charge is 2.22. The number of rotatable bonds is 2. The number of aromatic nitrogens is 1. The first kappa shape index (κ1) is 12.5. The Morgan fingerprint density at radius 1 is 1.21 bits per heavy atom. The van der Waals surface area contributed by atoms with Gasteiger partial charge in [0.15, 0.2) is 0 Å². The van der Waals surface area contributed by atoms with E-state index in [1.165, 1.54) is 18.4 Å². The molecule has 0 unspecified atom stereocenters. The van der Waals surface area contributed by atoms with E-state index in [4.69, 9.17) is 0 Å². The number of hydrogen-bond acceptors (Lipinski definition) is 1. The third-order valence-corrected chi connectivity index (χ3v) is 4.00. The van der Waals surface area contributed by atoms with Gasteiger partial charge in [-0.3, -0.25) is 4.79 Å². The van der Waals surface area contributed by atoms with Crippen LogP contribution in [0.3, 0.4) is 0 Å². The highest BCUT2D eigenvalue weighted by Crippen LogP contribution is 2.30. The quantitative estimate of drug-likeness (QED) is 0.802. The fraction of sp³-hybridized carbons (Fsp3) is 0.471. The first-order valence-electron chi connectivity index (χ1n) is 7.09. The number of hydrogen-bond donors (Lipinski definition) is 0. The Morgan fingerprint density at radius 2 is 1.95 bits per heavy atom. The molecule has 1 saturated carbocycles. The van der Waals surface area contributed by atoms with Crippen molar-refractivity contribution in [3.05, 3.63) is 46.4 Å². The average Bonchev–Trinajstić information content (AvgIpc) is 3.15. The smallest absolute Gasteiger partial charge is 0.258 e. The van der Waals surface area contributed by atoms with Crippen LogP contribution in [0.1, 0.15) is 39.2 Å². The second-order valence-electron chi connectivity index (χ2n) is 6.77. The molecule has 2 aromatic rings. The summed E-state index contributed by atoms with van der Waals surface area (Å²) < 4.78 is 1.88. The van der Waals surface area contributed by atoms with Crippen molar-refractivity contribution in [3.63, 3.8) is 0 Å². The molecule has 0 N–H and O–H groups in total. The molecule has 100 valence electrons. The number of nitrogens with zero attached hydrogens (tertiary/aromatic N) is 1. The number of benzene rings is 1. The van der Waals surface area contributed by atoms with E-state index in [0.717, 1.165) is 23.2 Å². The molecule has 0 radical (unpaired) electrons. The lowest BCUT2D eigenvalue weighted by molar-refractivity contribution is 0.590. The van der Waals surface area contributed by atoms with E-state index in [1.54, 1.807) is 0 Å². The van der Waals surface area contributed by atoms with Crippen molar-refractivity contribution in [3.8, 4) is 0 Å². The molecule has 2 heteroatoms. The molecular weight excluding hydrogens is 234 g/mol. The molecule has 1 aliphatic rings. The van der Waals surface area contributed by atoms with E-state index in [0.29, 0.717) is 0 Å². The monoisotopic (exact) mass is 255 g/mol. The molecule has 0 aliphatic heterocycles. The van der Waals surface area contributed by atoms with Crippen LogP contribution in [0.15, 0.2) is 35.3 Å². The zero-order valence-electron chi connectivity index (χ0n) is 11.9. The third kappa shape index (κ3) is 2.44. The normalized spacial score (nSPS) is 15.9. The van der Waals surface area contributed by atoms with Crippen molar-refractivity contribution in [2.45, 2.75) is 45.6 Å². The Bertz CT molecular complexity index is 672. The first-order chi connectivity index (χ1) is 8.95. The van der Waals surface area contributed by atoms with Crippen LogP contribution in [0.2, 0.25) is 0 Å². The minimum atomic E-state index is 0.0811. The molecule has 3 rings (SSSR count). The van der Waals surface area contributed by atoms with E-state index >= 15 is 0 Å². The molecule has 1 aromatic carbocycles. The van der Waals surface area contributed by atoms with Crippen LogP contribution in [0, 0.1) is 5.92 Å². The van der Waals surface area contributed by atoms with Crippen LogP contribution in [0.4, 0.5) is 0 Å². The molecule has 1 fully saturated rings. The van der Waals surface area contributed by atoms with Gasteiger partial charge in [-0.25, -0.2) is 0 Å². The Balaban J connectivity index is 2.13. The Labute approximate surface area is 114 Å². The van der Waals surface area contributed by atoms with Gasteiger partial charge in [0, 0.05) is 18.1 Å². The predicted molar refractivity (Wildman–Crippen MR) is 79.6 cm³/mol. The fourth-order valence-corrected chi connectivity index (χ4v) is 2.47. The number of fused-ring (bicyclic) bond motifs is 1. The predicted octanol–water partition coefficient (Wildman–Crippen LogP) is 3.71. The summed E-state index contributed by atoms with van der Waals surface area (Å²) in [4.78, 5) is 12.5. The summed E-state index contributed by atoms with van der Waals surface area (Å²) in [5.41, 5.74) is 1.47. The molecule has 0 bridgehead atoms. The summed E-state index contributed by atoms with van der Waals surface area (Å²) in [6.07, 6.45) is 4.48. The van der Waals surface area contributed by atoms with Gasteiger partial charge in [0.05, 0.1) is 0 Å². The zero-order chi connectivity index (χ0) is 13.6. The van der Waals surface area contributed by atoms with Gasteiger partial charge in [0.25, 0.3) is 5.56 Å². The molecule has 19 heavy (non-hydrogen) atoms. The number of pyridine rings is 1. The van der Waals surface area contributed by atoms with Crippen LogP contribution in [0.5, 0.6) is 0 Å². The Hall–Kier alpha value is -1.57. The van der Waals surface area contributed by atoms with Gasteiger partial charge < -0.3 is 4.57 Å². The standard InChI is InChI=1S/C17H21NO/c1-17(2,3)14-7-6-13-8-9-18(11-12-4-5-12)16(19)15(13)10-14/h6-10,12H,4-5,11H2,1-3H3. The maximum Gasteiger partial charge on any atom is 0.258 e. The maximum absolute atomic E-state index is 12.5. The van der Waals surface area contributed by atoms with Crippen LogP contribution in [-0.4, -0.2) is 4.57 Å². The molecular formula is C17H21NO. The first-order valence-corrected chi connectivity index (χ1v) is 7.09. The molecule has 0 saturated heterocycles. The van der Waals surface area contributed by atoms with Crippen molar-refractivity contribution in [2.75, 3.05) is 0 Å². The van der Waals surface area contributed by atoms with E-state index in [9.17, 15) is 4.79 Å². The summed E-state index contributed by atoms with van der Waals surface area (Å²) in [6, 6.07) is 8.33. The Morgan fingerprint density at radius 3 is 2.58 bits per heavy atom. The van der Waals surface area contributed by atoms with Crippen LogP contribution in [0.25, 0.3) is 10.8 Å². The van der Waals surface area contributed by atoms with E-state index in [-0.39, 0.29) is 11.0 Å². The minimum absolute atomic E-state index is 0.0811. The lowest BCUT2D eigenvalue weighted by Gasteiger charge is -2.19. The molecule has 1 aliphatic carbocycles. The fourth-order valence-electron chi connectivity index (χ4n) is 2.47. The van der Waals surface area contributed by atoms with Gasteiger partial charge in [0.2, 0.25) is 0 Å². The topological polar surface area (TPSA) is 22.0 Å². The lowest BCUT2D eigenvalue weighted by atomic mass is 9.86. The van der Waals surface area contributed by atoms with Crippen LogP contribution in [-0.2, 0) is 12.0 Å². The second kappa shape index (κ2) is 4.22. The highest BCUT2D eigenvalue weighted by molar-refractivity contribution is 5.82. The lowest BCUT2D eigenvalue weighted by Crippen LogP contribution is -2.21. The molecule has 0 spiro atoms. The van der Waals surface area contributed by atoms with Gasteiger partial charge in [-0.15, -0.1) is 0 Å². The summed E-state index contributed by atoms with van der Waals surface area (Å²) in [5.74, 6) is 0.723. The zero-order valence-corrected chi connectivity index (χ0v) is 11.9. The molecule has 0 atom stereocenters. The van der Waals surface area contributed by atoms with Crippen LogP contribution >= 0.6 is 0 Å². The van der Waals surface area contributed by atoms with Crippen molar-refractivity contribution in [2.24, 2.45) is 5.92 Å². The molecule has 1 aromatic heterocycles. The van der Waals surface area contributed by atoms with Gasteiger partial charge in [-0.2, -0.15) is 0 Å². The largest absolute Gasteiger partial charge is 0.315 e. The summed E-state index contributed by atoms with van der Waals surface area (Å²) >= 11 is 0. The van der Waals surface area contributed by atoms with Crippen molar-refractivity contribution in [1.82, 2.24) is 4.57 Å². The van der Waals surface area contributed by atoms with E-state index in [1.807, 2.05) is 10.8 Å². The molecule has 0 amide bonds. The Kier molecular flexibility index (Phi) is 2.77. The van der Waals surface area contributed by atoms with Crippen molar-refractivity contribution < 1.29 is 0 Å². The van der Waals surface area contributed by atoms with Gasteiger partial charge in [0.1, 0.15) is 0 Å². The average molecular weight is 255 g/mol. The van der Waals surface area contributed by atoms with E-state index in [2.05, 4.69) is 45.0 Å². The summed E-state index contributed by atoms with van der Waals surface area (Å²) in [7, 11) is 0. The van der Waals surface area contributed by atoms with Crippen molar-refractivity contribution >= 4 is 10.8 Å². The minimum Gasteiger partial charge on any atom is -0.315 e. The van der Waals surface area contributed by atoms with E-state index < -0.39 is 0 Å². The van der Waals surface area contributed by atoms with Gasteiger partial charge >= 0.3 is 0 Å². The van der Waals surface area contributed by atoms with Gasteiger partial charge in [-0.05, 0) is 47.3 Å². The SMILES string of the molecule is CC(C)(C)c1ccc2ccn(CC3CC3)c(=O)c2c1. The maximum atomic E-state index is 12.5. The highest BCUT2D eigenvalue weighted by atomic mass is 16.1. The van der Waals surface area contributed by atoms with Crippen LogP contribution < -0.4 is 5.56 Å². The summed E-state index contributed by atoms with van der Waals surface area (Å²) in [5, 5.41) is 1.90. The second-order valence-corrected chi connectivity index (χ2v) is 6.77. The van der Waals surface area contributed by atoms with Gasteiger partial charge in [-0.1, -0.05) is 32.9 Å². The van der Waals surface area contributed by atoms with Crippen molar-refractivity contribution in [1.29, 1.82) is 0 Å². The summed E-state index contributed by atoms with van der Waals surface area (Å²) in [6.45, 7) is 7.42. The molecule has 2 nitrogen and oxygen atoms in total.